The Morgan fingerprint density at radius 1 is 1.45 bits per heavy atom. The van der Waals surface area contributed by atoms with Gasteiger partial charge in [0.1, 0.15) is 24.1 Å². The number of aliphatic hydroxyl groups excluding tert-OH is 1. The monoisotopic (exact) mass is 377 g/mol. The molecule has 112 valence electrons. The SMILES string of the molecule is C[C@@]12O[CH-]O[C@@H]1[C@@H](CO)O[C@H]2c1coc2c(N)ncnc12.[Rb+]. The topological polar surface area (TPSA) is 113 Å². The third kappa shape index (κ3) is 2.32. The molecule has 0 radical (unpaired) electrons. The summed E-state index contributed by atoms with van der Waals surface area (Å²) in [4.78, 5) is 8.10. The van der Waals surface area contributed by atoms with E-state index >= 15 is 0 Å². The number of ether oxygens (including phenoxy) is 3. The van der Waals surface area contributed by atoms with Crippen LogP contribution in [0.4, 0.5) is 5.82 Å². The van der Waals surface area contributed by atoms with E-state index in [2.05, 4.69) is 9.97 Å². The van der Waals surface area contributed by atoms with Crippen LogP contribution in [0.25, 0.3) is 11.1 Å². The van der Waals surface area contributed by atoms with Crippen LogP contribution in [0.5, 0.6) is 0 Å². The Morgan fingerprint density at radius 3 is 3.05 bits per heavy atom. The van der Waals surface area contributed by atoms with Crippen LogP contribution in [0.3, 0.4) is 0 Å². The van der Waals surface area contributed by atoms with Crippen LogP contribution in [0.1, 0.15) is 18.6 Å². The van der Waals surface area contributed by atoms with E-state index < -0.39 is 23.9 Å². The van der Waals surface area contributed by atoms with Crippen molar-refractivity contribution in [1.29, 1.82) is 0 Å². The quantitative estimate of drug-likeness (QED) is 0.554. The fourth-order valence-electron chi connectivity index (χ4n) is 3.04. The van der Waals surface area contributed by atoms with E-state index in [9.17, 15) is 5.11 Å². The number of nitrogens with zero attached hydrogens (tertiary/aromatic N) is 2. The van der Waals surface area contributed by atoms with Crippen molar-refractivity contribution in [2.45, 2.75) is 30.8 Å². The second kappa shape index (κ2) is 6.17. The van der Waals surface area contributed by atoms with Crippen LogP contribution in [-0.2, 0) is 14.2 Å². The maximum absolute atomic E-state index is 9.46. The molecular weight excluding hydrogens is 364 g/mol. The minimum absolute atomic E-state index is 0. The molecule has 2 fully saturated rings. The maximum Gasteiger partial charge on any atom is 1.00 e. The molecule has 4 heterocycles. The van der Waals surface area contributed by atoms with E-state index in [1.165, 1.54) is 19.4 Å². The molecule has 9 heteroatoms. The molecule has 4 atom stereocenters. The van der Waals surface area contributed by atoms with Gasteiger partial charge in [-0.1, -0.05) is 6.79 Å². The number of aromatic nitrogens is 2. The fourth-order valence-corrected chi connectivity index (χ4v) is 3.04. The van der Waals surface area contributed by atoms with Crippen molar-refractivity contribution in [3.8, 4) is 0 Å². The zero-order valence-corrected chi connectivity index (χ0v) is 17.1. The molecule has 2 aliphatic heterocycles. The van der Waals surface area contributed by atoms with Gasteiger partial charge in [0.05, 0.1) is 24.6 Å². The summed E-state index contributed by atoms with van der Waals surface area (Å²) in [6.07, 6.45) is 1.53. The Labute approximate surface area is 175 Å². The van der Waals surface area contributed by atoms with Gasteiger partial charge in [0.2, 0.25) is 0 Å². The Morgan fingerprint density at radius 2 is 2.27 bits per heavy atom. The van der Waals surface area contributed by atoms with Gasteiger partial charge in [0.15, 0.2) is 11.4 Å². The van der Waals surface area contributed by atoms with Gasteiger partial charge in [-0.15, -0.1) is 0 Å². The molecule has 2 aromatic rings. The molecule has 2 saturated heterocycles. The summed E-state index contributed by atoms with van der Waals surface area (Å²) in [5, 5.41) is 9.46. The van der Waals surface area contributed by atoms with Gasteiger partial charge in [-0.2, -0.15) is 0 Å². The van der Waals surface area contributed by atoms with Crippen LogP contribution in [0, 0.1) is 6.79 Å². The van der Waals surface area contributed by atoms with Crippen molar-refractivity contribution in [2.24, 2.45) is 0 Å². The number of anilines is 1. The predicted molar refractivity (Wildman–Crippen MR) is 69.6 cm³/mol. The van der Waals surface area contributed by atoms with Crippen molar-refractivity contribution in [3.63, 3.8) is 0 Å². The third-order valence-electron chi connectivity index (χ3n) is 4.11. The van der Waals surface area contributed by atoms with Crippen LogP contribution < -0.4 is 63.9 Å². The average molecular weight is 378 g/mol. The Bertz CT molecular complexity index is 695. The number of hydrogen-bond donors (Lipinski definition) is 2. The predicted octanol–water partition coefficient (Wildman–Crippen LogP) is -2.47. The summed E-state index contributed by atoms with van der Waals surface area (Å²) in [5.74, 6) is 0.264. The number of aliphatic hydroxyl groups is 1. The number of nitrogen functional groups attached to an aromatic ring is 1. The Hall–Kier alpha value is 0.0652. The summed E-state index contributed by atoms with van der Waals surface area (Å²) in [6.45, 7) is 2.99. The minimum Gasteiger partial charge on any atom is -0.519 e. The number of nitrogens with two attached hydrogens (primary N) is 1. The first kappa shape index (κ1) is 16.9. The smallest absolute Gasteiger partial charge is 0.519 e. The summed E-state index contributed by atoms with van der Waals surface area (Å²) in [7, 11) is 0. The van der Waals surface area contributed by atoms with Gasteiger partial charge in [-0.25, -0.2) is 9.97 Å². The van der Waals surface area contributed by atoms with Crippen molar-refractivity contribution in [2.75, 3.05) is 12.3 Å². The molecule has 3 N–H and O–H groups in total. The molecular formula is C13H14N3O5Rb. The molecule has 0 amide bonds. The molecule has 2 aliphatic rings. The van der Waals surface area contributed by atoms with E-state index in [4.69, 9.17) is 24.4 Å². The van der Waals surface area contributed by atoms with Crippen LogP contribution in [0.2, 0.25) is 0 Å². The summed E-state index contributed by atoms with van der Waals surface area (Å²) < 4.78 is 22.4. The first-order valence-electron chi connectivity index (χ1n) is 6.54. The first-order chi connectivity index (χ1) is 10.1. The van der Waals surface area contributed by atoms with Gasteiger partial charge in [-0.05, 0) is 6.92 Å². The van der Waals surface area contributed by atoms with Gasteiger partial charge in [0.25, 0.3) is 0 Å². The van der Waals surface area contributed by atoms with E-state index in [0.29, 0.717) is 16.7 Å². The van der Waals surface area contributed by atoms with Crippen molar-refractivity contribution >= 4 is 16.9 Å². The normalized spacial score (nSPS) is 33.8. The van der Waals surface area contributed by atoms with Gasteiger partial charge in [0, 0.05) is 5.56 Å². The summed E-state index contributed by atoms with van der Waals surface area (Å²) in [5.41, 5.74) is 6.69. The third-order valence-corrected chi connectivity index (χ3v) is 4.11. The van der Waals surface area contributed by atoms with Crippen molar-refractivity contribution < 1.29 is 81.9 Å². The number of furan rings is 1. The molecule has 0 unspecified atom stereocenters. The summed E-state index contributed by atoms with van der Waals surface area (Å²) >= 11 is 0. The zero-order chi connectivity index (χ0) is 14.6. The van der Waals surface area contributed by atoms with E-state index in [0.717, 1.165) is 0 Å². The largest absolute Gasteiger partial charge is 1.00 e. The molecule has 0 saturated carbocycles. The molecule has 4 rings (SSSR count). The van der Waals surface area contributed by atoms with E-state index in [1.807, 2.05) is 6.92 Å². The second-order valence-corrected chi connectivity index (χ2v) is 5.32. The van der Waals surface area contributed by atoms with Gasteiger partial charge in [-0.3, -0.25) is 0 Å². The molecule has 0 aliphatic carbocycles. The molecule has 8 nitrogen and oxygen atoms in total. The van der Waals surface area contributed by atoms with Crippen LogP contribution in [0.15, 0.2) is 17.0 Å². The minimum atomic E-state index is -0.760. The van der Waals surface area contributed by atoms with Crippen LogP contribution >= 0.6 is 0 Å². The Kier molecular flexibility index (Phi) is 4.74. The van der Waals surface area contributed by atoms with Crippen LogP contribution in [-0.4, -0.2) is 39.5 Å². The number of rotatable bonds is 2. The first-order valence-corrected chi connectivity index (χ1v) is 6.54. The molecule has 0 spiro atoms. The summed E-state index contributed by atoms with van der Waals surface area (Å²) in [6, 6.07) is 0. The second-order valence-electron chi connectivity index (χ2n) is 5.32. The molecule has 22 heavy (non-hydrogen) atoms. The molecule has 0 aromatic carbocycles. The molecule has 0 bridgehead atoms. The van der Waals surface area contributed by atoms with E-state index in [-0.39, 0.29) is 70.6 Å². The number of hydrogen-bond acceptors (Lipinski definition) is 8. The molecule has 2 aromatic heterocycles. The van der Waals surface area contributed by atoms with Crippen molar-refractivity contribution in [3.05, 3.63) is 24.9 Å². The van der Waals surface area contributed by atoms with Crippen molar-refractivity contribution in [1.82, 2.24) is 9.97 Å². The van der Waals surface area contributed by atoms with E-state index in [1.54, 1.807) is 0 Å². The standard InChI is InChI=1S/C13H14N3O5.Rb/c1-13-10(21-7(2-17)11(13)19-5-20-13)6-3-18-9-8(6)15-4-16-12(9)14;/h3-5,7,10-11,17H,2H2,1H3,(H2,14,15,16);/q-1;+1/t7-,10+,11-,13+;/m1./s1. The van der Waals surface area contributed by atoms with Gasteiger partial charge >= 0.3 is 58.2 Å². The maximum atomic E-state index is 9.46. The zero-order valence-electron chi connectivity index (χ0n) is 12.2. The average Bonchev–Trinajstić information content (AvgIpc) is 3.11. The fraction of sp³-hybridized carbons (Fsp3) is 0.462. The Balaban J connectivity index is 0.00000144. The number of fused-ring (bicyclic) bond motifs is 2. The van der Waals surface area contributed by atoms with Gasteiger partial charge < -0.3 is 29.5 Å².